The molecule has 33 heavy (non-hydrogen) atoms. The highest BCUT2D eigenvalue weighted by Crippen LogP contribution is 2.35. The second kappa shape index (κ2) is 10.3. The number of nitrogens with zero attached hydrogens (tertiary/aromatic N) is 1. The molecule has 0 atom stereocenters. The number of carbonyl (C=O) groups excluding carboxylic acids is 1. The molecule has 9 heteroatoms. The Hall–Kier alpha value is -3.72. The van der Waals surface area contributed by atoms with Crippen LogP contribution in [0.3, 0.4) is 0 Å². The van der Waals surface area contributed by atoms with Gasteiger partial charge in [0.2, 0.25) is 5.91 Å². The molecule has 3 aromatic carbocycles. The fourth-order valence-corrected chi connectivity index (χ4v) is 4.58. The van der Waals surface area contributed by atoms with Crippen LogP contribution in [0.1, 0.15) is 5.56 Å². The summed E-state index contributed by atoms with van der Waals surface area (Å²) in [5.74, 6) is 0.721. The summed E-state index contributed by atoms with van der Waals surface area (Å²) in [6.45, 7) is 1.37. The van der Waals surface area contributed by atoms with Gasteiger partial charge in [-0.1, -0.05) is 23.8 Å². The molecule has 3 aromatic rings. The van der Waals surface area contributed by atoms with Crippen molar-refractivity contribution in [1.82, 2.24) is 0 Å². The van der Waals surface area contributed by atoms with Crippen LogP contribution < -0.4 is 23.8 Å². The number of amides is 1. The van der Waals surface area contributed by atoms with Crippen LogP contribution in [0.4, 0.5) is 11.4 Å². The third-order valence-electron chi connectivity index (χ3n) is 4.90. The Morgan fingerprint density at radius 2 is 1.55 bits per heavy atom. The van der Waals surface area contributed by atoms with Gasteiger partial charge in [0.25, 0.3) is 10.0 Å². The van der Waals surface area contributed by atoms with Crippen LogP contribution in [0.2, 0.25) is 0 Å². The number of ether oxygens (including phenoxy) is 3. The van der Waals surface area contributed by atoms with Crippen molar-refractivity contribution in [3.8, 4) is 17.2 Å². The monoisotopic (exact) mass is 470 g/mol. The summed E-state index contributed by atoms with van der Waals surface area (Å²) in [5, 5.41) is 2.72. The number of benzene rings is 3. The van der Waals surface area contributed by atoms with Crippen LogP contribution in [-0.2, 0) is 14.8 Å². The molecule has 0 unspecified atom stereocenters. The van der Waals surface area contributed by atoms with Gasteiger partial charge in [0.15, 0.2) is 0 Å². The normalized spacial score (nSPS) is 10.9. The zero-order chi connectivity index (χ0) is 24.0. The average molecular weight is 471 g/mol. The smallest absolute Gasteiger partial charge is 0.264 e. The maximum absolute atomic E-state index is 13.6. The lowest BCUT2D eigenvalue weighted by molar-refractivity contribution is -0.114. The van der Waals surface area contributed by atoms with Gasteiger partial charge in [0.05, 0.1) is 31.9 Å². The summed E-state index contributed by atoms with van der Waals surface area (Å²) < 4.78 is 44.1. The maximum Gasteiger partial charge on any atom is 0.264 e. The molecule has 3 rings (SSSR count). The zero-order valence-corrected chi connectivity index (χ0v) is 19.7. The van der Waals surface area contributed by atoms with Gasteiger partial charge in [-0.2, -0.15) is 0 Å². The molecule has 174 valence electrons. The van der Waals surface area contributed by atoms with E-state index in [2.05, 4.69) is 5.32 Å². The zero-order valence-electron chi connectivity index (χ0n) is 18.9. The molecular weight excluding hydrogens is 444 g/mol. The SMILES string of the molecule is COc1cccc(NC(=O)CN(c2cc(OC)ccc2OC)S(=O)(=O)c2ccc(C)cc2)c1. The average Bonchev–Trinajstić information content (AvgIpc) is 2.82. The van der Waals surface area contributed by atoms with Crippen LogP contribution in [0, 0.1) is 6.92 Å². The first-order chi connectivity index (χ1) is 15.8. The highest BCUT2D eigenvalue weighted by molar-refractivity contribution is 7.92. The quantitative estimate of drug-likeness (QED) is 0.511. The van der Waals surface area contributed by atoms with Gasteiger partial charge in [-0.3, -0.25) is 9.10 Å². The van der Waals surface area contributed by atoms with Gasteiger partial charge < -0.3 is 19.5 Å². The molecule has 0 aromatic heterocycles. The number of hydrogen-bond donors (Lipinski definition) is 1. The predicted octanol–water partition coefficient (Wildman–Crippen LogP) is 3.85. The van der Waals surface area contributed by atoms with E-state index < -0.39 is 22.5 Å². The van der Waals surface area contributed by atoms with Crippen molar-refractivity contribution in [2.75, 3.05) is 37.5 Å². The van der Waals surface area contributed by atoms with E-state index in [0.717, 1.165) is 9.87 Å². The second-order valence-electron chi connectivity index (χ2n) is 7.14. The van der Waals surface area contributed by atoms with Crippen LogP contribution >= 0.6 is 0 Å². The first kappa shape index (κ1) is 23.9. The molecule has 1 N–H and O–H groups in total. The Balaban J connectivity index is 2.03. The minimum Gasteiger partial charge on any atom is -0.497 e. The molecule has 0 aliphatic carbocycles. The van der Waals surface area contributed by atoms with Crippen LogP contribution in [0.15, 0.2) is 71.6 Å². The predicted molar refractivity (Wildman–Crippen MR) is 127 cm³/mol. The molecule has 0 fully saturated rings. The lowest BCUT2D eigenvalue weighted by Gasteiger charge is -2.26. The Kier molecular flexibility index (Phi) is 7.44. The van der Waals surface area contributed by atoms with Crippen molar-refractivity contribution >= 4 is 27.3 Å². The van der Waals surface area contributed by atoms with Crippen molar-refractivity contribution < 1.29 is 27.4 Å². The molecule has 0 radical (unpaired) electrons. The third kappa shape index (κ3) is 5.56. The molecule has 8 nitrogen and oxygen atoms in total. The molecule has 1 amide bonds. The molecule has 0 aliphatic heterocycles. The summed E-state index contributed by atoms with van der Waals surface area (Å²) in [6, 6.07) is 18.0. The Morgan fingerprint density at radius 1 is 0.879 bits per heavy atom. The number of sulfonamides is 1. The Bertz CT molecular complexity index is 1230. The molecule has 0 saturated heterocycles. The summed E-state index contributed by atoms with van der Waals surface area (Å²) in [6.07, 6.45) is 0. The second-order valence-corrected chi connectivity index (χ2v) is 9.00. The summed E-state index contributed by atoms with van der Waals surface area (Å²) >= 11 is 0. The van der Waals surface area contributed by atoms with Crippen molar-refractivity contribution in [2.24, 2.45) is 0 Å². The topological polar surface area (TPSA) is 94.2 Å². The van der Waals surface area contributed by atoms with E-state index in [4.69, 9.17) is 14.2 Å². The number of anilines is 2. The number of rotatable bonds is 9. The number of carbonyl (C=O) groups is 1. The highest BCUT2D eigenvalue weighted by atomic mass is 32.2. The standard InChI is InChI=1S/C24H26N2O6S/c1-17-8-11-21(12-9-17)33(28,29)26(22-15-20(31-3)10-13-23(22)32-4)16-24(27)25-18-6-5-7-19(14-18)30-2/h5-15H,16H2,1-4H3,(H,25,27). The molecular formula is C24H26N2O6S. The van der Waals surface area contributed by atoms with Gasteiger partial charge in [-0.05, 0) is 43.3 Å². The molecule has 0 spiro atoms. The Morgan fingerprint density at radius 3 is 2.18 bits per heavy atom. The fourth-order valence-electron chi connectivity index (χ4n) is 3.16. The van der Waals surface area contributed by atoms with Crippen LogP contribution in [0.5, 0.6) is 17.2 Å². The molecule has 0 aliphatic rings. The van der Waals surface area contributed by atoms with Crippen LogP contribution in [-0.4, -0.2) is 42.2 Å². The molecule has 0 bridgehead atoms. The number of methoxy groups -OCH3 is 3. The number of nitrogens with one attached hydrogen (secondary N) is 1. The van der Waals surface area contributed by atoms with E-state index in [1.165, 1.54) is 39.5 Å². The van der Waals surface area contributed by atoms with Gasteiger partial charge in [-0.15, -0.1) is 0 Å². The first-order valence-electron chi connectivity index (χ1n) is 10.0. The van der Waals surface area contributed by atoms with Crippen LogP contribution in [0.25, 0.3) is 0 Å². The van der Waals surface area contributed by atoms with Crippen molar-refractivity contribution in [1.29, 1.82) is 0 Å². The first-order valence-corrected chi connectivity index (χ1v) is 11.5. The highest BCUT2D eigenvalue weighted by Gasteiger charge is 2.30. The summed E-state index contributed by atoms with van der Waals surface area (Å²) in [4.78, 5) is 13.0. The number of hydrogen-bond acceptors (Lipinski definition) is 6. The third-order valence-corrected chi connectivity index (χ3v) is 6.68. The summed E-state index contributed by atoms with van der Waals surface area (Å²) in [5.41, 5.74) is 1.57. The number of aryl methyl sites for hydroxylation is 1. The summed E-state index contributed by atoms with van der Waals surface area (Å²) in [7, 11) is 0.304. The van der Waals surface area contributed by atoms with Crippen molar-refractivity contribution in [3.63, 3.8) is 0 Å². The molecule has 0 heterocycles. The molecule has 0 saturated carbocycles. The van der Waals surface area contributed by atoms with E-state index in [-0.39, 0.29) is 16.3 Å². The fraction of sp³-hybridized carbons (Fsp3) is 0.208. The Labute approximate surface area is 193 Å². The minimum atomic E-state index is -4.12. The van der Waals surface area contributed by atoms with Crippen molar-refractivity contribution in [3.05, 3.63) is 72.3 Å². The van der Waals surface area contributed by atoms with Gasteiger partial charge >= 0.3 is 0 Å². The van der Waals surface area contributed by atoms with E-state index in [1.807, 2.05) is 6.92 Å². The van der Waals surface area contributed by atoms with E-state index >= 15 is 0 Å². The minimum absolute atomic E-state index is 0.0483. The maximum atomic E-state index is 13.6. The lowest BCUT2D eigenvalue weighted by atomic mass is 10.2. The van der Waals surface area contributed by atoms with Gasteiger partial charge in [0.1, 0.15) is 23.8 Å². The van der Waals surface area contributed by atoms with E-state index in [1.54, 1.807) is 48.5 Å². The largest absolute Gasteiger partial charge is 0.497 e. The van der Waals surface area contributed by atoms with E-state index in [9.17, 15) is 13.2 Å². The van der Waals surface area contributed by atoms with E-state index in [0.29, 0.717) is 17.2 Å². The lowest BCUT2D eigenvalue weighted by Crippen LogP contribution is -2.38. The van der Waals surface area contributed by atoms with Gasteiger partial charge in [0, 0.05) is 17.8 Å². The van der Waals surface area contributed by atoms with Gasteiger partial charge in [-0.25, -0.2) is 8.42 Å². The van der Waals surface area contributed by atoms with Crippen molar-refractivity contribution in [2.45, 2.75) is 11.8 Å².